The maximum Gasteiger partial charge on any atom is 0.185 e. The lowest BCUT2D eigenvalue weighted by Gasteiger charge is -2.14. The summed E-state index contributed by atoms with van der Waals surface area (Å²) in [6.07, 6.45) is 3.81. The van der Waals surface area contributed by atoms with Crippen LogP contribution in [0.3, 0.4) is 0 Å². The minimum Gasteiger partial charge on any atom is -0.348 e. The molecule has 4 heteroatoms. The van der Waals surface area contributed by atoms with Crippen LogP contribution < -0.4 is 10.2 Å². The van der Waals surface area contributed by atoms with Crippen LogP contribution in [-0.2, 0) is 6.54 Å². The first-order chi connectivity index (χ1) is 8.33. The molecular weight excluding hydrogens is 230 g/mol. The minimum absolute atomic E-state index is 0.876. The summed E-state index contributed by atoms with van der Waals surface area (Å²) in [5, 5.41) is 6.81. The molecule has 2 heterocycles. The molecule has 1 atom stereocenters. The Hall–Kier alpha value is -0.610. The van der Waals surface area contributed by atoms with E-state index in [0.717, 1.165) is 19.0 Å². The van der Waals surface area contributed by atoms with Gasteiger partial charge in [0.15, 0.2) is 5.13 Å². The summed E-state index contributed by atoms with van der Waals surface area (Å²) in [4.78, 5) is 7.16. The predicted molar refractivity (Wildman–Crippen MR) is 74.7 cm³/mol. The van der Waals surface area contributed by atoms with Gasteiger partial charge in [-0.3, -0.25) is 0 Å². The van der Waals surface area contributed by atoms with Gasteiger partial charge in [0.1, 0.15) is 0 Å². The topological polar surface area (TPSA) is 28.2 Å². The molecule has 0 bridgehead atoms. The Morgan fingerprint density at radius 3 is 3.12 bits per heavy atom. The molecule has 17 heavy (non-hydrogen) atoms. The Labute approximate surface area is 108 Å². The third-order valence-corrected chi connectivity index (χ3v) is 4.36. The summed E-state index contributed by atoms with van der Waals surface area (Å²) < 4.78 is 0. The van der Waals surface area contributed by atoms with Crippen LogP contribution >= 0.6 is 11.3 Å². The van der Waals surface area contributed by atoms with Crippen molar-refractivity contribution in [2.75, 3.05) is 24.5 Å². The van der Waals surface area contributed by atoms with E-state index >= 15 is 0 Å². The Morgan fingerprint density at radius 2 is 2.41 bits per heavy atom. The average molecular weight is 253 g/mol. The van der Waals surface area contributed by atoms with Crippen molar-refractivity contribution in [1.29, 1.82) is 0 Å². The summed E-state index contributed by atoms with van der Waals surface area (Å²) in [5.41, 5.74) is 1.19. The highest BCUT2D eigenvalue weighted by Crippen LogP contribution is 2.28. The quantitative estimate of drug-likeness (QED) is 0.790. The van der Waals surface area contributed by atoms with Crippen LogP contribution in [0.4, 0.5) is 5.13 Å². The zero-order valence-corrected chi connectivity index (χ0v) is 11.7. The van der Waals surface area contributed by atoms with E-state index in [1.54, 1.807) is 11.3 Å². The van der Waals surface area contributed by atoms with Crippen molar-refractivity contribution in [3.63, 3.8) is 0 Å². The molecule has 1 aromatic rings. The van der Waals surface area contributed by atoms with Crippen molar-refractivity contribution in [1.82, 2.24) is 10.3 Å². The van der Waals surface area contributed by atoms with E-state index in [2.05, 4.69) is 29.4 Å². The average Bonchev–Trinajstić information content (AvgIpc) is 2.97. The molecule has 2 rings (SSSR count). The summed E-state index contributed by atoms with van der Waals surface area (Å²) >= 11 is 1.79. The van der Waals surface area contributed by atoms with Gasteiger partial charge >= 0.3 is 0 Å². The fraction of sp³-hybridized carbons (Fsp3) is 0.769. The van der Waals surface area contributed by atoms with E-state index in [9.17, 15) is 0 Å². The fourth-order valence-corrected chi connectivity index (χ4v) is 3.12. The van der Waals surface area contributed by atoms with Crippen LogP contribution in [0.2, 0.25) is 0 Å². The lowest BCUT2D eigenvalue weighted by Crippen LogP contribution is -2.19. The van der Waals surface area contributed by atoms with Crippen LogP contribution in [0.15, 0.2) is 5.38 Å². The van der Waals surface area contributed by atoms with Crippen LogP contribution in [-0.4, -0.2) is 24.6 Å². The molecule has 1 saturated heterocycles. The molecule has 1 aromatic heterocycles. The summed E-state index contributed by atoms with van der Waals surface area (Å²) in [6.45, 7) is 8.86. The number of anilines is 1. The Balaban J connectivity index is 1.85. The van der Waals surface area contributed by atoms with Gasteiger partial charge in [-0.25, -0.2) is 4.98 Å². The highest BCUT2D eigenvalue weighted by Gasteiger charge is 2.22. The van der Waals surface area contributed by atoms with Crippen LogP contribution in [0.25, 0.3) is 0 Å². The largest absolute Gasteiger partial charge is 0.348 e. The van der Waals surface area contributed by atoms with Gasteiger partial charge in [0.2, 0.25) is 0 Å². The highest BCUT2D eigenvalue weighted by atomic mass is 32.1. The molecule has 1 aliphatic heterocycles. The Morgan fingerprint density at radius 1 is 1.53 bits per heavy atom. The SMILES string of the molecule is CCCNCc1csc(N2CCC(CC)C2)n1. The molecule has 3 nitrogen and oxygen atoms in total. The minimum atomic E-state index is 0.876. The molecule has 1 fully saturated rings. The van der Waals surface area contributed by atoms with Crippen LogP contribution in [0.5, 0.6) is 0 Å². The molecular formula is C13H23N3S. The zero-order chi connectivity index (χ0) is 12.1. The molecule has 0 radical (unpaired) electrons. The van der Waals surface area contributed by atoms with Crippen molar-refractivity contribution < 1.29 is 0 Å². The first-order valence-electron chi connectivity index (χ1n) is 6.73. The number of aromatic nitrogens is 1. The van der Waals surface area contributed by atoms with Crippen molar-refractivity contribution >= 4 is 16.5 Å². The molecule has 96 valence electrons. The molecule has 0 aliphatic carbocycles. The maximum absolute atomic E-state index is 4.71. The number of hydrogen-bond acceptors (Lipinski definition) is 4. The highest BCUT2D eigenvalue weighted by molar-refractivity contribution is 7.13. The Kier molecular flexibility index (Phi) is 4.80. The van der Waals surface area contributed by atoms with E-state index in [-0.39, 0.29) is 0 Å². The first-order valence-corrected chi connectivity index (χ1v) is 7.61. The van der Waals surface area contributed by atoms with Gasteiger partial charge in [-0.05, 0) is 25.3 Å². The number of hydrogen-bond donors (Lipinski definition) is 1. The molecule has 0 saturated carbocycles. The van der Waals surface area contributed by atoms with Gasteiger partial charge in [-0.15, -0.1) is 11.3 Å². The molecule has 0 amide bonds. The monoisotopic (exact) mass is 253 g/mol. The van der Waals surface area contributed by atoms with E-state index in [1.807, 2.05) is 0 Å². The lowest BCUT2D eigenvalue weighted by atomic mass is 10.1. The van der Waals surface area contributed by atoms with E-state index in [4.69, 9.17) is 4.98 Å². The number of nitrogens with one attached hydrogen (secondary N) is 1. The van der Waals surface area contributed by atoms with Gasteiger partial charge < -0.3 is 10.2 Å². The fourth-order valence-electron chi connectivity index (χ4n) is 2.26. The van der Waals surface area contributed by atoms with Crippen molar-refractivity contribution in [2.24, 2.45) is 5.92 Å². The molecule has 1 unspecified atom stereocenters. The Bertz CT molecular complexity index is 337. The first kappa shape index (κ1) is 12.8. The van der Waals surface area contributed by atoms with Crippen molar-refractivity contribution in [3.05, 3.63) is 11.1 Å². The molecule has 0 aromatic carbocycles. The third kappa shape index (κ3) is 3.42. The van der Waals surface area contributed by atoms with Gasteiger partial charge in [0.05, 0.1) is 5.69 Å². The van der Waals surface area contributed by atoms with E-state index in [1.165, 1.54) is 43.2 Å². The standard InChI is InChI=1S/C13H23N3S/c1-3-6-14-8-12-10-17-13(15-12)16-7-5-11(4-2)9-16/h10-11,14H,3-9H2,1-2H3. The molecule has 1 aliphatic rings. The van der Waals surface area contributed by atoms with Crippen LogP contribution in [0, 0.1) is 5.92 Å². The van der Waals surface area contributed by atoms with Gasteiger partial charge in [-0.1, -0.05) is 20.3 Å². The van der Waals surface area contributed by atoms with Gasteiger partial charge in [0, 0.05) is 25.0 Å². The zero-order valence-electron chi connectivity index (χ0n) is 10.9. The number of thiazole rings is 1. The van der Waals surface area contributed by atoms with Crippen LogP contribution in [0.1, 0.15) is 38.8 Å². The second-order valence-electron chi connectivity index (χ2n) is 4.81. The van der Waals surface area contributed by atoms with E-state index < -0.39 is 0 Å². The normalized spacial score (nSPS) is 20.1. The summed E-state index contributed by atoms with van der Waals surface area (Å²) in [7, 11) is 0. The number of nitrogens with zero attached hydrogens (tertiary/aromatic N) is 2. The summed E-state index contributed by atoms with van der Waals surface area (Å²) in [6, 6.07) is 0. The maximum atomic E-state index is 4.71. The third-order valence-electron chi connectivity index (χ3n) is 3.41. The second kappa shape index (κ2) is 6.36. The smallest absolute Gasteiger partial charge is 0.185 e. The van der Waals surface area contributed by atoms with Crippen molar-refractivity contribution in [2.45, 2.75) is 39.7 Å². The molecule has 1 N–H and O–H groups in total. The number of rotatable bonds is 6. The molecule has 0 spiro atoms. The predicted octanol–water partition coefficient (Wildman–Crippen LogP) is 2.88. The lowest BCUT2D eigenvalue weighted by molar-refractivity contribution is 0.569. The second-order valence-corrected chi connectivity index (χ2v) is 5.64. The van der Waals surface area contributed by atoms with Gasteiger partial charge in [0.25, 0.3) is 0 Å². The van der Waals surface area contributed by atoms with Crippen molar-refractivity contribution in [3.8, 4) is 0 Å². The summed E-state index contributed by atoms with van der Waals surface area (Å²) in [5.74, 6) is 0.876. The van der Waals surface area contributed by atoms with Gasteiger partial charge in [-0.2, -0.15) is 0 Å². The van der Waals surface area contributed by atoms with E-state index in [0.29, 0.717) is 0 Å².